The van der Waals surface area contributed by atoms with Crippen LogP contribution in [0.4, 0.5) is 5.69 Å². The second-order valence-electron chi connectivity index (χ2n) is 6.76. The fourth-order valence-corrected chi connectivity index (χ4v) is 2.99. The van der Waals surface area contributed by atoms with Crippen molar-refractivity contribution in [3.05, 3.63) is 59.2 Å². The normalized spacial score (nSPS) is 11.6. The van der Waals surface area contributed by atoms with Gasteiger partial charge in [0.15, 0.2) is 6.10 Å². The molecule has 6 nitrogen and oxygen atoms in total. The Balaban J connectivity index is 1.97. The van der Waals surface area contributed by atoms with E-state index in [2.05, 4.69) is 19.2 Å². The Morgan fingerprint density at radius 3 is 2.13 bits per heavy atom. The van der Waals surface area contributed by atoms with E-state index in [-0.39, 0.29) is 12.5 Å². The van der Waals surface area contributed by atoms with Crippen LogP contribution in [0.1, 0.15) is 49.2 Å². The van der Waals surface area contributed by atoms with Crippen LogP contribution in [0, 0.1) is 0 Å². The van der Waals surface area contributed by atoms with Crippen molar-refractivity contribution in [2.45, 2.75) is 46.6 Å². The second kappa shape index (κ2) is 12.0. The zero-order chi connectivity index (χ0) is 21.9. The van der Waals surface area contributed by atoms with E-state index in [0.29, 0.717) is 24.5 Å². The SMILES string of the molecule is CCOCCOC(=O)[C@H](C)Oc1ccc(C(=O)Nc2c(CC)cccc2CC)cc1. The maximum atomic E-state index is 12.7. The summed E-state index contributed by atoms with van der Waals surface area (Å²) in [6.07, 6.45) is 0.929. The molecule has 0 aliphatic rings. The van der Waals surface area contributed by atoms with Crippen LogP contribution in [-0.2, 0) is 27.1 Å². The number of carbonyl (C=O) groups excluding carboxylic acids is 2. The summed E-state index contributed by atoms with van der Waals surface area (Å²) in [4.78, 5) is 24.7. The number of amides is 1. The molecule has 1 atom stereocenters. The van der Waals surface area contributed by atoms with Gasteiger partial charge in [-0.25, -0.2) is 4.79 Å². The van der Waals surface area contributed by atoms with E-state index in [1.807, 2.05) is 25.1 Å². The number of anilines is 1. The minimum absolute atomic E-state index is 0.180. The van der Waals surface area contributed by atoms with Gasteiger partial charge >= 0.3 is 5.97 Å². The topological polar surface area (TPSA) is 73.9 Å². The minimum atomic E-state index is -0.755. The van der Waals surface area contributed by atoms with E-state index in [4.69, 9.17) is 14.2 Å². The van der Waals surface area contributed by atoms with Crippen LogP contribution in [0.25, 0.3) is 0 Å². The van der Waals surface area contributed by atoms with Crippen molar-refractivity contribution in [2.75, 3.05) is 25.1 Å². The lowest BCUT2D eigenvalue weighted by Gasteiger charge is -2.15. The predicted molar refractivity (Wildman–Crippen MR) is 117 cm³/mol. The fraction of sp³-hybridized carbons (Fsp3) is 0.417. The third kappa shape index (κ3) is 6.59. The summed E-state index contributed by atoms with van der Waals surface area (Å²) in [5.74, 6) is -0.149. The monoisotopic (exact) mass is 413 g/mol. The van der Waals surface area contributed by atoms with E-state index >= 15 is 0 Å². The van der Waals surface area contributed by atoms with Crippen LogP contribution < -0.4 is 10.1 Å². The van der Waals surface area contributed by atoms with E-state index in [0.717, 1.165) is 29.7 Å². The maximum Gasteiger partial charge on any atom is 0.347 e. The molecule has 30 heavy (non-hydrogen) atoms. The number of hydrogen-bond donors (Lipinski definition) is 1. The molecular weight excluding hydrogens is 382 g/mol. The molecule has 0 saturated heterocycles. The Bertz CT molecular complexity index is 810. The second-order valence-corrected chi connectivity index (χ2v) is 6.76. The smallest absolute Gasteiger partial charge is 0.347 e. The zero-order valence-electron chi connectivity index (χ0n) is 18.2. The quantitative estimate of drug-likeness (QED) is 0.436. The molecule has 1 amide bonds. The first kappa shape index (κ1) is 23.4. The van der Waals surface area contributed by atoms with Crippen molar-refractivity contribution in [3.8, 4) is 5.75 Å². The van der Waals surface area contributed by atoms with Gasteiger partial charge in [0.2, 0.25) is 0 Å². The molecule has 0 unspecified atom stereocenters. The zero-order valence-corrected chi connectivity index (χ0v) is 18.2. The number of rotatable bonds is 11. The molecule has 0 aliphatic carbocycles. The summed E-state index contributed by atoms with van der Waals surface area (Å²) >= 11 is 0. The van der Waals surface area contributed by atoms with Gasteiger partial charge in [-0.15, -0.1) is 0 Å². The van der Waals surface area contributed by atoms with Gasteiger partial charge in [0.25, 0.3) is 5.91 Å². The largest absolute Gasteiger partial charge is 0.479 e. The molecule has 0 heterocycles. The Morgan fingerprint density at radius 1 is 0.933 bits per heavy atom. The van der Waals surface area contributed by atoms with Crippen molar-refractivity contribution in [1.82, 2.24) is 0 Å². The van der Waals surface area contributed by atoms with E-state index < -0.39 is 12.1 Å². The van der Waals surface area contributed by atoms with E-state index in [9.17, 15) is 9.59 Å². The average molecular weight is 414 g/mol. The Morgan fingerprint density at radius 2 is 1.57 bits per heavy atom. The predicted octanol–water partition coefficient (Wildman–Crippen LogP) is 4.41. The van der Waals surface area contributed by atoms with Gasteiger partial charge in [-0.05, 0) is 62.1 Å². The first-order valence-corrected chi connectivity index (χ1v) is 10.4. The van der Waals surface area contributed by atoms with Gasteiger partial charge in [0, 0.05) is 17.9 Å². The van der Waals surface area contributed by atoms with Gasteiger partial charge in [-0.3, -0.25) is 4.79 Å². The van der Waals surface area contributed by atoms with Crippen molar-refractivity contribution in [2.24, 2.45) is 0 Å². The highest BCUT2D eigenvalue weighted by atomic mass is 16.6. The Labute approximate surface area is 178 Å². The summed E-state index contributed by atoms with van der Waals surface area (Å²) in [5, 5.41) is 3.04. The summed E-state index contributed by atoms with van der Waals surface area (Å²) in [6.45, 7) is 8.77. The van der Waals surface area contributed by atoms with Crippen LogP contribution in [0.15, 0.2) is 42.5 Å². The minimum Gasteiger partial charge on any atom is -0.479 e. The van der Waals surface area contributed by atoms with Gasteiger partial charge in [0.05, 0.1) is 6.61 Å². The number of nitrogens with one attached hydrogen (secondary N) is 1. The Kier molecular flexibility index (Phi) is 9.35. The highest BCUT2D eigenvalue weighted by Crippen LogP contribution is 2.24. The highest BCUT2D eigenvalue weighted by molar-refractivity contribution is 6.05. The number of benzene rings is 2. The summed E-state index contributed by atoms with van der Waals surface area (Å²) in [5.41, 5.74) is 3.62. The first-order valence-electron chi connectivity index (χ1n) is 10.4. The van der Waals surface area contributed by atoms with Crippen LogP contribution >= 0.6 is 0 Å². The van der Waals surface area contributed by atoms with Crippen molar-refractivity contribution >= 4 is 17.6 Å². The molecule has 0 aromatic heterocycles. The van der Waals surface area contributed by atoms with E-state index in [1.54, 1.807) is 31.2 Å². The third-order valence-corrected chi connectivity index (χ3v) is 4.67. The number of hydrogen-bond acceptors (Lipinski definition) is 5. The lowest BCUT2D eigenvalue weighted by Crippen LogP contribution is -2.27. The summed E-state index contributed by atoms with van der Waals surface area (Å²) in [6, 6.07) is 12.8. The van der Waals surface area contributed by atoms with Crippen molar-refractivity contribution < 1.29 is 23.8 Å². The molecule has 2 rings (SSSR count). The Hall–Kier alpha value is -2.86. The fourth-order valence-electron chi connectivity index (χ4n) is 2.99. The summed E-state index contributed by atoms with van der Waals surface area (Å²) < 4.78 is 15.8. The molecular formula is C24H31NO5. The van der Waals surface area contributed by atoms with Crippen molar-refractivity contribution in [1.29, 1.82) is 0 Å². The van der Waals surface area contributed by atoms with Crippen LogP contribution in [0.3, 0.4) is 0 Å². The van der Waals surface area contributed by atoms with Gasteiger partial charge in [-0.2, -0.15) is 0 Å². The van der Waals surface area contributed by atoms with Gasteiger partial charge in [-0.1, -0.05) is 32.0 Å². The number of para-hydroxylation sites is 1. The molecule has 0 fully saturated rings. The molecule has 0 bridgehead atoms. The molecule has 2 aromatic rings. The summed E-state index contributed by atoms with van der Waals surface area (Å²) in [7, 11) is 0. The third-order valence-electron chi connectivity index (χ3n) is 4.67. The lowest BCUT2D eigenvalue weighted by molar-refractivity contribution is -0.152. The molecule has 0 saturated carbocycles. The standard InChI is InChI=1S/C24H31NO5/c1-5-18-9-8-10-19(6-2)22(18)25-23(26)20-11-13-21(14-12-20)30-17(4)24(27)29-16-15-28-7-3/h8-14,17H,5-7,15-16H2,1-4H3,(H,25,26)/t17-/m0/s1. The number of carbonyl (C=O) groups is 2. The van der Waals surface area contributed by atoms with Crippen molar-refractivity contribution in [3.63, 3.8) is 0 Å². The molecule has 0 aliphatic heterocycles. The molecule has 162 valence electrons. The highest BCUT2D eigenvalue weighted by Gasteiger charge is 2.17. The lowest BCUT2D eigenvalue weighted by atomic mass is 10.0. The molecule has 0 radical (unpaired) electrons. The van der Waals surface area contributed by atoms with Crippen LogP contribution in [0.2, 0.25) is 0 Å². The van der Waals surface area contributed by atoms with Crippen LogP contribution in [0.5, 0.6) is 5.75 Å². The number of ether oxygens (including phenoxy) is 3. The van der Waals surface area contributed by atoms with Gasteiger partial charge in [0.1, 0.15) is 12.4 Å². The number of esters is 1. The number of aryl methyl sites for hydroxylation is 2. The first-order chi connectivity index (χ1) is 14.5. The van der Waals surface area contributed by atoms with Crippen LogP contribution in [-0.4, -0.2) is 37.8 Å². The van der Waals surface area contributed by atoms with E-state index in [1.165, 1.54) is 0 Å². The maximum absolute atomic E-state index is 12.7. The van der Waals surface area contributed by atoms with Gasteiger partial charge < -0.3 is 19.5 Å². The molecule has 0 spiro atoms. The molecule has 2 aromatic carbocycles. The molecule has 6 heteroatoms. The average Bonchev–Trinajstić information content (AvgIpc) is 2.77. The molecule has 1 N–H and O–H groups in total.